The fourth-order valence-corrected chi connectivity index (χ4v) is 6.17. The second kappa shape index (κ2) is 14.7. The van der Waals surface area contributed by atoms with Crippen molar-refractivity contribution in [2.45, 2.75) is 35.7 Å². The topological polar surface area (TPSA) is 173 Å². The maximum atomic E-state index is 12.7. The predicted octanol–water partition coefficient (Wildman–Crippen LogP) is 5.21. The van der Waals surface area contributed by atoms with E-state index < -0.39 is 44.5 Å². The van der Waals surface area contributed by atoms with E-state index >= 15 is 0 Å². The molecule has 0 spiro atoms. The van der Waals surface area contributed by atoms with Gasteiger partial charge in [-0.2, -0.15) is 8.42 Å². The molecule has 0 amide bonds. The van der Waals surface area contributed by atoms with E-state index in [0.717, 1.165) is 41.0 Å². The molecule has 3 N–H and O–H groups in total. The molecule has 0 saturated carbocycles. The molecular weight excluding hydrogens is 600 g/mol. The first-order valence-corrected chi connectivity index (χ1v) is 15.5. The van der Waals surface area contributed by atoms with Crippen LogP contribution in [0.2, 0.25) is 0 Å². The van der Waals surface area contributed by atoms with Crippen LogP contribution in [0.25, 0.3) is 0 Å². The van der Waals surface area contributed by atoms with E-state index in [9.17, 15) is 38.3 Å². The van der Waals surface area contributed by atoms with E-state index in [0.29, 0.717) is 0 Å². The molecule has 0 bridgehead atoms. The summed E-state index contributed by atoms with van der Waals surface area (Å²) in [6, 6.07) is 30.7. The number of nitrogens with zero attached hydrogens (tertiary/aromatic N) is 1. The van der Waals surface area contributed by atoms with Gasteiger partial charge in [-0.1, -0.05) is 91.0 Å². The third kappa shape index (κ3) is 7.98. The number of aliphatic carboxylic acids is 2. The van der Waals surface area contributed by atoms with E-state index in [1.165, 1.54) is 0 Å². The van der Waals surface area contributed by atoms with Gasteiger partial charge in [0.2, 0.25) is 0 Å². The number of nitrogens with one attached hydrogen (secondary N) is 1. The van der Waals surface area contributed by atoms with Crippen molar-refractivity contribution < 1.29 is 37.3 Å². The number of carboxylic acid groups (broad SMARTS) is 2. The number of non-ortho nitro benzene ring substituents is 1. The summed E-state index contributed by atoms with van der Waals surface area (Å²) in [6.07, 6.45) is -0.365. The van der Waals surface area contributed by atoms with Crippen molar-refractivity contribution in [2.75, 3.05) is 6.61 Å². The van der Waals surface area contributed by atoms with Gasteiger partial charge in [0, 0.05) is 12.1 Å². The molecule has 45 heavy (non-hydrogen) atoms. The van der Waals surface area contributed by atoms with E-state index in [2.05, 4.69) is 5.32 Å². The van der Waals surface area contributed by atoms with Crippen molar-refractivity contribution in [3.05, 3.63) is 142 Å². The Morgan fingerprint density at radius 2 is 1.24 bits per heavy atom. The van der Waals surface area contributed by atoms with Gasteiger partial charge in [0.15, 0.2) is 0 Å². The van der Waals surface area contributed by atoms with E-state index in [1.54, 1.807) is 0 Å². The first-order valence-electron chi connectivity index (χ1n) is 14.1. The van der Waals surface area contributed by atoms with E-state index in [-0.39, 0.29) is 36.5 Å². The Balaban J connectivity index is 1.56. The number of carboxylic acids is 2. The summed E-state index contributed by atoms with van der Waals surface area (Å²) in [4.78, 5) is 34.9. The molecule has 4 aromatic rings. The van der Waals surface area contributed by atoms with Crippen LogP contribution >= 0.6 is 0 Å². The standard InChI is InChI=1S/C33H32N2O9S/c36-31(37)24(11-10-22-44-45(42,43)29-20-18-28(19-21-29)35(40)41)23-30(32(38)39)34-33(25-12-4-1-5-13-25,26-14-6-2-7-15-26)27-16-8-3-9-17-27/h1-9,12-21,24,30,34H,10-11,22-23H2,(H,36,37)(H,38,39)/t24-,30-/m0/s1. The number of nitro benzene ring substituents is 1. The second-order valence-electron chi connectivity index (χ2n) is 10.3. The minimum absolute atomic E-state index is 0.00326. The highest BCUT2D eigenvalue weighted by Gasteiger charge is 2.41. The van der Waals surface area contributed by atoms with Crippen LogP contribution < -0.4 is 5.32 Å². The van der Waals surface area contributed by atoms with Crippen molar-refractivity contribution in [3.8, 4) is 0 Å². The minimum Gasteiger partial charge on any atom is -0.481 e. The maximum Gasteiger partial charge on any atom is 0.320 e. The molecule has 234 valence electrons. The van der Waals surface area contributed by atoms with Crippen LogP contribution in [0.1, 0.15) is 36.0 Å². The van der Waals surface area contributed by atoms with Gasteiger partial charge >= 0.3 is 11.9 Å². The smallest absolute Gasteiger partial charge is 0.320 e. The fourth-order valence-electron chi connectivity index (χ4n) is 5.22. The molecule has 12 heteroatoms. The van der Waals surface area contributed by atoms with Crippen molar-refractivity contribution in [2.24, 2.45) is 5.92 Å². The molecule has 4 rings (SSSR count). The zero-order valence-corrected chi connectivity index (χ0v) is 24.9. The van der Waals surface area contributed by atoms with Gasteiger partial charge < -0.3 is 10.2 Å². The molecule has 2 atom stereocenters. The van der Waals surface area contributed by atoms with Crippen molar-refractivity contribution in [3.63, 3.8) is 0 Å². The Labute approximate surface area is 260 Å². The van der Waals surface area contributed by atoms with Gasteiger partial charge in [-0.05, 0) is 48.1 Å². The second-order valence-corrected chi connectivity index (χ2v) is 11.9. The normalized spacial score (nSPS) is 13.1. The van der Waals surface area contributed by atoms with Crippen LogP contribution in [-0.4, -0.2) is 48.1 Å². The maximum absolute atomic E-state index is 12.7. The summed E-state index contributed by atoms with van der Waals surface area (Å²) in [5, 5.41) is 34.5. The van der Waals surface area contributed by atoms with Crippen molar-refractivity contribution in [1.82, 2.24) is 5.32 Å². The molecule has 0 aliphatic heterocycles. The average Bonchev–Trinajstić information content (AvgIpc) is 3.05. The summed E-state index contributed by atoms with van der Waals surface area (Å²) in [5.41, 5.74) is 0.828. The Morgan fingerprint density at radius 3 is 1.64 bits per heavy atom. The molecule has 4 aromatic carbocycles. The highest BCUT2D eigenvalue weighted by Crippen LogP contribution is 2.38. The molecule has 0 unspecified atom stereocenters. The zero-order valence-electron chi connectivity index (χ0n) is 24.1. The quantitative estimate of drug-likeness (QED) is 0.0489. The van der Waals surface area contributed by atoms with Crippen LogP contribution in [0.4, 0.5) is 5.69 Å². The number of nitro groups is 1. The lowest BCUT2D eigenvalue weighted by molar-refractivity contribution is -0.384. The summed E-state index contributed by atoms with van der Waals surface area (Å²) >= 11 is 0. The van der Waals surface area contributed by atoms with Gasteiger partial charge in [-0.15, -0.1) is 0 Å². The summed E-state index contributed by atoms with van der Waals surface area (Å²) < 4.78 is 30.1. The van der Waals surface area contributed by atoms with E-state index in [4.69, 9.17) is 4.18 Å². The zero-order chi connectivity index (χ0) is 32.5. The summed E-state index contributed by atoms with van der Waals surface area (Å²) in [5.74, 6) is -3.62. The van der Waals surface area contributed by atoms with Crippen LogP contribution in [-0.2, 0) is 29.4 Å². The summed E-state index contributed by atoms with van der Waals surface area (Å²) in [6.45, 7) is -0.365. The highest BCUT2D eigenvalue weighted by molar-refractivity contribution is 7.86. The summed E-state index contributed by atoms with van der Waals surface area (Å²) in [7, 11) is -4.25. The fraction of sp³-hybridized carbons (Fsp3) is 0.212. The molecule has 0 aromatic heterocycles. The first kappa shape index (κ1) is 33.0. The SMILES string of the molecule is O=C(O)[C@@H](CCCOS(=O)(=O)c1ccc([N+](=O)[O-])cc1)C[C@H](NC(c1ccccc1)(c1ccccc1)c1ccccc1)C(=O)O. The molecule has 0 saturated heterocycles. The number of rotatable bonds is 16. The molecule has 11 nitrogen and oxygen atoms in total. The van der Waals surface area contributed by atoms with Crippen LogP contribution in [0.3, 0.4) is 0 Å². The average molecular weight is 633 g/mol. The van der Waals surface area contributed by atoms with Gasteiger partial charge in [0.25, 0.3) is 15.8 Å². The number of hydrogen-bond acceptors (Lipinski definition) is 8. The van der Waals surface area contributed by atoms with Gasteiger partial charge in [0.1, 0.15) is 6.04 Å². The van der Waals surface area contributed by atoms with Gasteiger partial charge in [-0.25, -0.2) is 0 Å². The Kier molecular flexibility index (Phi) is 10.8. The van der Waals surface area contributed by atoms with Crippen molar-refractivity contribution >= 4 is 27.7 Å². The lowest BCUT2D eigenvalue weighted by Gasteiger charge is -2.39. The Bertz CT molecular complexity index is 1600. The third-order valence-electron chi connectivity index (χ3n) is 7.45. The number of carbonyl (C=O) groups is 2. The minimum atomic E-state index is -4.25. The molecule has 0 heterocycles. The number of hydrogen-bond donors (Lipinski definition) is 3. The first-order chi connectivity index (χ1) is 21.5. The van der Waals surface area contributed by atoms with Gasteiger partial charge in [-0.3, -0.25) is 29.2 Å². The third-order valence-corrected chi connectivity index (χ3v) is 8.78. The highest BCUT2D eigenvalue weighted by atomic mass is 32.2. The van der Waals surface area contributed by atoms with Crippen LogP contribution in [0.15, 0.2) is 120 Å². The Morgan fingerprint density at radius 1 is 0.778 bits per heavy atom. The monoisotopic (exact) mass is 632 g/mol. The van der Waals surface area contributed by atoms with Crippen molar-refractivity contribution in [1.29, 1.82) is 0 Å². The molecular formula is C33H32N2O9S. The van der Waals surface area contributed by atoms with Crippen LogP contribution in [0.5, 0.6) is 0 Å². The lowest BCUT2D eigenvalue weighted by Crippen LogP contribution is -2.53. The molecule has 0 fully saturated rings. The molecule has 0 aliphatic carbocycles. The largest absolute Gasteiger partial charge is 0.481 e. The molecule has 0 aliphatic rings. The van der Waals surface area contributed by atoms with E-state index in [1.807, 2.05) is 91.0 Å². The number of benzene rings is 4. The lowest BCUT2D eigenvalue weighted by atomic mass is 9.76. The molecule has 0 radical (unpaired) electrons. The van der Waals surface area contributed by atoms with Gasteiger partial charge in [0.05, 0.1) is 27.9 Å². The van der Waals surface area contributed by atoms with Crippen LogP contribution in [0, 0.1) is 16.0 Å². The predicted molar refractivity (Wildman–Crippen MR) is 165 cm³/mol. The Hall–Kier alpha value is -4.91.